The van der Waals surface area contributed by atoms with Crippen molar-refractivity contribution in [3.63, 3.8) is 0 Å². The Morgan fingerprint density at radius 3 is 2.33 bits per heavy atom. The van der Waals surface area contributed by atoms with Crippen LogP contribution < -0.4 is 15.0 Å². The zero-order chi connectivity index (χ0) is 27.6. The van der Waals surface area contributed by atoms with Crippen molar-refractivity contribution in [3.05, 3.63) is 101 Å². The highest BCUT2D eigenvalue weighted by molar-refractivity contribution is 6.07. The minimum atomic E-state index is -5.13. The highest BCUT2D eigenvalue weighted by Gasteiger charge is 2.49. The Labute approximate surface area is 225 Å². The van der Waals surface area contributed by atoms with Crippen molar-refractivity contribution in [2.24, 2.45) is 0 Å². The van der Waals surface area contributed by atoms with Crippen LogP contribution in [0.25, 0.3) is 0 Å². The van der Waals surface area contributed by atoms with E-state index in [1.807, 2.05) is 24.3 Å². The van der Waals surface area contributed by atoms with Crippen LogP contribution in [0, 0.1) is 0 Å². The first-order chi connectivity index (χ1) is 18.8. The van der Waals surface area contributed by atoms with Crippen molar-refractivity contribution in [1.82, 2.24) is 0 Å². The van der Waals surface area contributed by atoms with Crippen LogP contribution in [0.4, 0.5) is 24.5 Å². The molecule has 5 rings (SSSR count). The molecule has 0 spiro atoms. The van der Waals surface area contributed by atoms with Gasteiger partial charge in [-0.25, -0.2) is 0 Å². The topological polar surface area (TPSA) is 58.6 Å². The molecule has 1 aliphatic heterocycles. The molecule has 0 unspecified atom stereocenters. The zero-order valence-corrected chi connectivity index (χ0v) is 21.5. The molecule has 1 aliphatic carbocycles. The number of Topliss-reactive ketones (excluding diaryl/α,β-unsaturated/α-hetero) is 1. The SMILES string of the molecule is CCCCOc1ccc([C@H]2CC(=O)C3=C(C2)Nc2ccccc2N(C(=O)C(F)(F)F)[C@@H]3c2ccccc2)cc1. The number of rotatable bonds is 6. The molecule has 8 heteroatoms. The molecule has 0 bridgehead atoms. The molecule has 39 heavy (non-hydrogen) atoms. The predicted molar refractivity (Wildman–Crippen MR) is 144 cm³/mol. The Morgan fingerprint density at radius 2 is 1.64 bits per heavy atom. The number of ether oxygens (including phenoxy) is 1. The maximum atomic E-state index is 14.0. The first kappa shape index (κ1) is 26.5. The monoisotopic (exact) mass is 534 g/mol. The van der Waals surface area contributed by atoms with Crippen molar-refractivity contribution in [1.29, 1.82) is 0 Å². The van der Waals surface area contributed by atoms with Gasteiger partial charge in [-0.1, -0.05) is 67.9 Å². The van der Waals surface area contributed by atoms with Gasteiger partial charge in [-0.05, 0) is 54.2 Å². The van der Waals surface area contributed by atoms with Crippen LogP contribution in [0.2, 0.25) is 0 Å². The third-order valence-corrected chi connectivity index (χ3v) is 7.18. The van der Waals surface area contributed by atoms with Gasteiger partial charge in [0.2, 0.25) is 0 Å². The number of para-hydroxylation sites is 2. The van der Waals surface area contributed by atoms with Gasteiger partial charge in [0.05, 0.1) is 24.0 Å². The summed E-state index contributed by atoms with van der Waals surface area (Å²) in [6, 6.07) is 21.2. The number of nitrogens with zero attached hydrogens (tertiary/aromatic N) is 1. The molecule has 0 fully saturated rings. The number of carbonyl (C=O) groups excluding carboxylic acids is 2. The Hall–Kier alpha value is -4.07. The molecule has 5 nitrogen and oxygen atoms in total. The first-order valence-corrected chi connectivity index (χ1v) is 13.1. The van der Waals surface area contributed by atoms with Crippen molar-refractivity contribution in [2.45, 2.75) is 50.7 Å². The number of hydrogen-bond acceptors (Lipinski definition) is 4. The first-order valence-electron chi connectivity index (χ1n) is 13.1. The van der Waals surface area contributed by atoms with Crippen LogP contribution in [-0.2, 0) is 9.59 Å². The Balaban J connectivity index is 1.58. The van der Waals surface area contributed by atoms with E-state index in [1.165, 1.54) is 6.07 Å². The summed E-state index contributed by atoms with van der Waals surface area (Å²) in [5, 5.41) is 3.25. The van der Waals surface area contributed by atoms with Crippen LogP contribution in [0.1, 0.15) is 55.7 Å². The molecule has 2 aliphatic rings. The molecular formula is C31H29F3N2O3. The van der Waals surface area contributed by atoms with Crippen LogP contribution >= 0.6 is 0 Å². The fourth-order valence-corrected chi connectivity index (χ4v) is 5.31. The maximum Gasteiger partial charge on any atom is 0.471 e. The van der Waals surface area contributed by atoms with E-state index in [-0.39, 0.29) is 29.4 Å². The number of amides is 1. The number of fused-ring (bicyclic) bond motifs is 1. The average molecular weight is 535 g/mol. The molecule has 202 valence electrons. The summed E-state index contributed by atoms with van der Waals surface area (Å²) in [5.41, 5.74) is 2.50. The standard InChI is InChI=1S/C31H29F3N2O3/c1-2-3-17-39-23-15-13-20(14-16-23)22-18-25-28(27(37)19-22)29(21-9-5-4-6-10-21)36(30(38)31(32,33)34)26-12-8-7-11-24(26)35-25/h4-16,22,29,35H,2-3,17-19H2,1H3/t22-,29-/m1/s1. The Morgan fingerprint density at radius 1 is 0.949 bits per heavy atom. The van der Waals surface area contributed by atoms with E-state index < -0.39 is 18.1 Å². The Kier molecular flexibility index (Phi) is 7.46. The number of halogens is 3. The van der Waals surface area contributed by atoms with E-state index in [4.69, 9.17) is 4.74 Å². The number of unbranched alkanes of at least 4 members (excludes halogenated alkanes) is 1. The molecule has 1 amide bonds. The number of nitrogens with one attached hydrogen (secondary N) is 1. The number of benzene rings is 3. The van der Waals surface area contributed by atoms with Crippen molar-refractivity contribution >= 4 is 23.1 Å². The summed E-state index contributed by atoms with van der Waals surface area (Å²) in [5.74, 6) is -1.74. The Bertz CT molecular complexity index is 1380. The highest BCUT2D eigenvalue weighted by atomic mass is 19.4. The van der Waals surface area contributed by atoms with Gasteiger partial charge in [0, 0.05) is 17.7 Å². The predicted octanol–water partition coefficient (Wildman–Crippen LogP) is 7.33. The fourth-order valence-electron chi connectivity index (χ4n) is 5.31. The van der Waals surface area contributed by atoms with Gasteiger partial charge < -0.3 is 10.1 Å². The zero-order valence-electron chi connectivity index (χ0n) is 21.5. The summed E-state index contributed by atoms with van der Waals surface area (Å²) in [7, 11) is 0. The lowest BCUT2D eigenvalue weighted by molar-refractivity contribution is -0.170. The molecule has 0 saturated heterocycles. The van der Waals surface area contributed by atoms with Crippen LogP contribution in [0.3, 0.4) is 0 Å². The molecule has 0 radical (unpaired) electrons. The van der Waals surface area contributed by atoms with Crippen LogP contribution in [0.15, 0.2) is 90.1 Å². The molecule has 0 saturated carbocycles. The molecule has 3 aromatic rings. The van der Waals surface area contributed by atoms with E-state index in [9.17, 15) is 22.8 Å². The minimum Gasteiger partial charge on any atom is -0.494 e. The third-order valence-electron chi connectivity index (χ3n) is 7.18. The molecule has 0 aromatic heterocycles. The van der Waals surface area contributed by atoms with Gasteiger partial charge in [-0.3, -0.25) is 14.5 Å². The molecule has 1 N–H and O–H groups in total. The van der Waals surface area contributed by atoms with Gasteiger partial charge in [-0.15, -0.1) is 0 Å². The van der Waals surface area contributed by atoms with E-state index in [2.05, 4.69) is 12.2 Å². The summed E-state index contributed by atoms with van der Waals surface area (Å²) >= 11 is 0. The lowest BCUT2D eigenvalue weighted by Crippen LogP contribution is -2.45. The van der Waals surface area contributed by atoms with Gasteiger partial charge in [0.15, 0.2) is 5.78 Å². The summed E-state index contributed by atoms with van der Waals surface area (Å²) in [4.78, 5) is 27.5. The van der Waals surface area contributed by atoms with Gasteiger partial charge in [-0.2, -0.15) is 13.2 Å². The average Bonchev–Trinajstić information content (AvgIpc) is 3.07. The van der Waals surface area contributed by atoms with Crippen LogP contribution in [0.5, 0.6) is 5.75 Å². The lowest BCUT2D eigenvalue weighted by Gasteiger charge is -2.35. The molecular weight excluding hydrogens is 505 g/mol. The normalized spacial score (nSPS) is 19.1. The number of ketones is 1. The van der Waals surface area contributed by atoms with Crippen molar-refractivity contribution in [2.75, 3.05) is 16.8 Å². The molecule has 3 aromatic carbocycles. The number of alkyl halides is 3. The summed E-state index contributed by atoms with van der Waals surface area (Å²) in [6.45, 7) is 2.72. The number of allylic oxidation sites excluding steroid dienone is 1. The molecule has 1 heterocycles. The van der Waals surface area contributed by atoms with E-state index in [1.54, 1.807) is 48.5 Å². The van der Waals surface area contributed by atoms with Crippen molar-refractivity contribution in [3.8, 4) is 5.75 Å². The second-order valence-electron chi connectivity index (χ2n) is 9.82. The minimum absolute atomic E-state index is 0.0704. The lowest BCUT2D eigenvalue weighted by atomic mass is 9.78. The largest absolute Gasteiger partial charge is 0.494 e. The second-order valence-corrected chi connectivity index (χ2v) is 9.82. The summed E-state index contributed by atoms with van der Waals surface area (Å²) < 4.78 is 47.6. The quantitative estimate of drug-likeness (QED) is 0.337. The fraction of sp³-hybridized carbons (Fsp3) is 0.290. The van der Waals surface area contributed by atoms with E-state index in [0.29, 0.717) is 30.0 Å². The second kappa shape index (κ2) is 11.0. The smallest absolute Gasteiger partial charge is 0.471 e. The van der Waals surface area contributed by atoms with E-state index >= 15 is 0 Å². The number of anilines is 2. The van der Waals surface area contributed by atoms with Crippen LogP contribution in [-0.4, -0.2) is 24.5 Å². The van der Waals surface area contributed by atoms with Crippen molar-refractivity contribution < 1.29 is 27.5 Å². The van der Waals surface area contributed by atoms with Gasteiger partial charge >= 0.3 is 12.1 Å². The third kappa shape index (κ3) is 5.41. The maximum absolute atomic E-state index is 14.0. The van der Waals surface area contributed by atoms with Gasteiger partial charge in [0.25, 0.3) is 0 Å². The highest BCUT2D eigenvalue weighted by Crippen LogP contribution is 2.48. The molecule has 2 atom stereocenters. The van der Waals surface area contributed by atoms with E-state index in [0.717, 1.165) is 29.1 Å². The van der Waals surface area contributed by atoms with Gasteiger partial charge in [0.1, 0.15) is 5.75 Å². The number of carbonyl (C=O) groups is 2. The number of hydrogen-bond donors (Lipinski definition) is 1. The summed E-state index contributed by atoms with van der Waals surface area (Å²) in [6.07, 6.45) is -2.62.